The van der Waals surface area contributed by atoms with Crippen molar-refractivity contribution in [3.63, 3.8) is 0 Å². The molecule has 2 aromatic rings. The number of nitrogens with one attached hydrogen (secondary N) is 1. The highest BCUT2D eigenvalue weighted by atomic mass is 35.5. The van der Waals surface area contributed by atoms with Crippen molar-refractivity contribution in [1.29, 1.82) is 0 Å². The number of nitrogens with zero attached hydrogens (tertiary/aromatic N) is 1. The number of amides is 1. The molecule has 0 aliphatic heterocycles. The molecule has 0 aromatic heterocycles. The molecule has 1 aliphatic carbocycles. The second-order valence-corrected chi connectivity index (χ2v) is 9.59. The Bertz CT molecular complexity index is 940. The van der Waals surface area contributed by atoms with Gasteiger partial charge in [0.1, 0.15) is 12.3 Å². The van der Waals surface area contributed by atoms with E-state index in [0.717, 1.165) is 30.0 Å². The number of rotatable bonds is 8. The lowest BCUT2D eigenvalue weighted by atomic mass is 9.95. The van der Waals surface area contributed by atoms with Gasteiger partial charge in [0, 0.05) is 11.1 Å². The first-order chi connectivity index (χ1) is 14.4. The van der Waals surface area contributed by atoms with Gasteiger partial charge in [0.05, 0.1) is 17.2 Å². The maximum Gasteiger partial charge on any atom is 0.264 e. The molecule has 0 unspecified atom stereocenters. The minimum atomic E-state index is -3.96. The van der Waals surface area contributed by atoms with E-state index in [1.807, 2.05) is 6.92 Å². The molecule has 1 saturated carbocycles. The van der Waals surface area contributed by atoms with Crippen LogP contribution in [0.1, 0.15) is 39.0 Å². The molecule has 0 bridgehead atoms. The highest BCUT2D eigenvalue weighted by Crippen LogP contribution is 2.27. The van der Waals surface area contributed by atoms with Gasteiger partial charge in [-0.2, -0.15) is 0 Å². The molecule has 0 saturated heterocycles. The van der Waals surface area contributed by atoms with Crippen LogP contribution in [0.4, 0.5) is 5.69 Å². The average Bonchev–Trinajstić information content (AvgIpc) is 2.74. The molecule has 162 valence electrons. The normalized spacial score (nSPS) is 14.9. The number of anilines is 1. The van der Waals surface area contributed by atoms with Crippen molar-refractivity contribution in [3.05, 3.63) is 53.6 Å². The SMILES string of the molecule is CCOc1ccc(N(CC(=O)NC2CCCCC2)S(=O)(=O)c2ccc(Cl)cc2)cc1. The zero-order valence-corrected chi connectivity index (χ0v) is 18.6. The van der Waals surface area contributed by atoms with Gasteiger partial charge in [0.2, 0.25) is 5.91 Å². The zero-order valence-electron chi connectivity index (χ0n) is 17.0. The van der Waals surface area contributed by atoms with Gasteiger partial charge >= 0.3 is 0 Å². The Labute approximate surface area is 183 Å². The highest BCUT2D eigenvalue weighted by molar-refractivity contribution is 7.92. The van der Waals surface area contributed by atoms with Crippen molar-refractivity contribution in [2.24, 2.45) is 0 Å². The van der Waals surface area contributed by atoms with E-state index < -0.39 is 10.0 Å². The summed E-state index contributed by atoms with van der Waals surface area (Å²) in [5, 5.41) is 3.43. The molecular weight excluding hydrogens is 424 g/mol. The van der Waals surface area contributed by atoms with E-state index in [4.69, 9.17) is 16.3 Å². The maximum absolute atomic E-state index is 13.4. The van der Waals surface area contributed by atoms with Gasteiger partial charge in [-0.25, -0.2) is 8.42 Å². The first kappa shape index (κ1) is 22.4. The quantitative estimate of drug-likeness (QED) is 0.647. The lowest BCUT2D eigenvalue weighted by Gasteiger charge is -2.27. The van der Waals surface area contributed by atoms with Crippen molar-refractivity contribution in [1.82, 2.24) is 5.32 Å². The number of carbonyl (C=O) groups is 1. The monoisotopic (exact) mass is 450 g/mol. The Morgan fingerprint density at radius 1 is 1.07 bits per heavy atom. The summed E-state index contributed by atoms with van der Waals surface area (Å²) in [7, 11) is -3.96. The van der Waals surface area contributed by atoms with Gasteiger partial charge < -0.3 is 10.1 Å². The molecule has 8 heteroatoms. The number of halogens is 1. The highest BCUT2D eigenvalue weighted by Gasteiger charge is 2.28. The molecule has 2 aromatic carbocycles. The summed E-state index contributed by atoms with van der Waals surface area (Å²) in [6.45, 7) is 2.09. The second kappa shape index (κ2) is 10.2. The second-order valence-electron chi connectivity index (χ2n) is 7.29. The standard InChI is InChI=1S/C22H27ClN2O4S/c1-2-29-20-12-10-19(11-13-20)25(16-22(26)24-18-6-4-3-5-7-18)30(27,28)21-14-8-17(23)9-15-21/h8-15,18H,2-7,16H2,1H3,(H,24,26). The van der Waals surface area contributed by atoms with Crippen LogP contribution >= 0.6 is 11.6 Å². The molecule has 6 nitrogen and oxygen atoms in total. The van der Waals surface area contributed by atoms with Crippen LogP contribution in [0.15, 0.2) is 53.4 Å². The molecule has 0 spiro atoms. The summed E-state index contributed by atoms with van der Waals surface area (Å²) in [4.78, 5) is 12.8. The van der Waals surface area contributed by atoms with Gasteiger partial charge in [0.15, 0.2) is 0 Å². The smallest absolute Gasteiger partial charge is 0.264 e. The minimum Gasteiger partial charge on any atom is -0.494 e. The van der Waals surface area contributed by atoms with E-state index in [0.29, 0.717) is 23.1 Å². The van der Waals surface area contributed by atoms with E-state index in [1.165, 1.54) is 30.7 Å². The summed E-state index contributed by atoms with van der Waals surface area (Å²) in [6, 6.07) is 12.7. The number of hydrogen-bond donors (Lipinski definition) is 1. The number of ether oxygens (including phenoxy) is 1. The van der Waals surface area contributed by atoms with Crippen LogP contribution in [0, 0.1) is 0 Å². The van der Waals surface area contributed by atoms with Gasteiger partial charge in [-0.15, -0.1) is 0 Å². The Morgan fingerprint density at radius 2 is 1.70 bits per heavy atom. The van der Waals surface area contributed by atoms with Gasteiger partial charge in [-0.05, 0) is 68.3 Å². The number of sulfonamides is 1. The van der Waals surface area contributed by atoms with E-state index in [1.54, 1.807) is 24.3 Å². The van der Waals surface area contributed by atoms with Gasteiger partial charge in [-0.3, -0.25) is 9.10 Å². The predicted molar refractivity (Wildman–Crippen MR) is 119 cm³/mol. The molecule has 1 aliphatic rings. The lowest BCUT2D eigenvalue weighted by molar-refractivity contribution is -0.120. The van der Waals surface area contributed by atoms with E-state index in [-0.39, 0.29) is 23.4 Å². The van der Waals surface area contributed by atoms with Gasteiger partial charge in [0.25, 0.3) is 10.0 Å². The van der Waals surface area contributed by atoms with Crippen LogP contribution in [-0.2, 0) is 14.8 Å². The van der Waals surface area contributed by atoms with E-state index in [9.17, 15) is 13.2 Å². The number of hydrogen-bond acceptors (Lipinski definition) is 4. The molecule has 0 heterocycles. The molecule has 0 atom stereocenters. The van der Waals surface area contributed by atoms with E-state index >= 15 is 0 Å². The zero-order chi connectivity index (χ0) is 21.6. The van der Waals surface area contributed by atoms with E-state index in [2.05, 4.69) is 5.32 Å². The lowest BCUT2D eigenvalue weighted by Crippen LogP contribution is -2.44. The van der Waals surface area contributed by atoms with Crippen molar-refractivity contribution in [2.45, 2.75) is 50.0 Å². The van der Waals surface area contributed by atoms with Crippen molar-refractivity contribution in [2.75, 3.05) is 17.5 Å². The van der Waals surface area contributed by atoms with Crippen LogP contribution in [0.2, 0.25) is 5.02 Å². The minimum absolute atomic E-state index is 0.0752. The summed E-state index contributed by atoms with van der Waals surface area (Å²) in [5.41, 5.74) is 0.396. The fraction of sp³-hybridized carbons (Fsp3) is 0.409. The molecule has 1 amide bonds. The summed E-state index contributed by atoms with van der Waals surface area (Å²) >= 11 is 5.91. The predicted octanol–water partition coefficient (Wildman–Crippen LogP) is 4.38. The topological polar surface area (TPSA) is 75.7 Å². The van der Waals surface area contributed by atoms with Crippen LogP contribution in [0.3, 0.4) is 0 Å². The summed E-state index contributed by atoms with van der Waals surface area (Å²) in [5.74, 6) is 0.324. The third-order valence-corrected chi connectivity index (χ3v) is 7.13. The largest absolute Gasteiger partial charge is 0.494 e. The van der Waals surface area contributed by atoms with Crippen LogP contribution in [-0.4, -0.2) is 33.5 Å². The summed E-state index contributed by atoms with van der Waals surface area (Å²) < 4.78 is 33.3. The Morgan fingerprint density at radius 3 is 2.30 bits per heavy atom. The number of benzene rings is 2. The summed E-state index contributed by atoms with van der Waals surface area (Å²) in [6.07, 6.45) is 5.19. The average molecular weight is 451 g/mol. The van der Waals surface area contributed by atoms with Crippen molar-refractivity contribution in [3.8, 4) is 5.75 Å². The molecule has 1 fully saturated rings. The van der Waals surface area contributed by atoms with Crippen molar-refractivity contribution >= 4 is 33.2 Å². The van der Waals surface area contributed by atoms with Gasteiger partial charge in [-0.1, -0.05) is 30.9 Å². The molecule has 1 N–H and O–H groups in total. The maximum atomic E-state index is 13.4. The number of carbonyl (C=O) groups excluding carboxylic acids is 1. The Kier molecular flexibility index (Phi) is 7.61. The van der Waals surface area contributed by atoms with Crippen LogP contribution < -0.4 is 14.4 Å². The Balaban J connectivity index is 1.87. The van der Waals surface area contributed by atoms with Crippen LogP contribution in [0.5, 0.6) is 5.75 Å². The fourth-order valence-corrected chi connectivity index (χ4v) is 5.12. The fourth-order valence-electron chi connectivity index (χ4n) is 3.57. The first-order valence-corrected chi connectivity index (χ1v) is 12.0. The Hall–Kier alpha value is -2.25. The third-order valence-electron chi connectivity index (χ3n) is 5.09. The van der Waals surface area contributed by atoms with Crippen molar-refractivity contribution < 1.29 is 17.9 Å². The van der Waals surface area contributed by atoms with Crippen LogP contribution in [0.25, 0.3) is 0 Å². The third kappa shape index (κ3) is 5.67. The molecule has 0 radical (unpaired) electrons. The molecule has 30 heavy (non-hydrogen) atoms. The first-order valence-electron chi connectivity index (χ1n) is 10.2. The molecular formula is C22H27ClN2O4S. The molecule has 3 rings (SSSR count).